The van der Waals surface area contributed by atoms with Gasteiger partial charge in [-0.2, -0.15) is 5.10 Å². The predicted octanol–water partition coefficient (Wildman–Crippen LogP) is 7.91. The molecular formula is C30H33F2IN6O2Si. The van der Waals surface area contributed by atoms with Crippen LogP contribution in [0.5, 0.6) is 11.5 Å². The first-order valence-electron chi connectivity index (χ1n) is 14.0. The molecule has 0 atom stereocenters. The summed E-state index contributed by atoms with van der Waals surface area (Å²) < 4.78 is 43.5. The lowest BCUT2D eigenvalue weighted by Crippen LogP contribution is -2.37. The van der Waals surface area contributed by atoms with E-state index in [1.165, 1.54) is 0 Å². The molecule has 3 heterocycles. The molecule has 0 unspecified atom stereocenters. The molecule has 1 saturated carbocycles. The van der Waals surface area contributed by atoms with Crippen LogP contribution in [0.1, 0.15) is 18.7 Å². The number of ether oxygens (including phenoxy) is 2. The van der Waals surface area contributed by atoms with Crippen molar-refractivity contribution in [3.05, 3.63) is 58.3 Å². The molecule has 0 amide bonds. The number of aromatic nitrogens is 6. The summed E-state index contributed by atoms with van der Waals surface area (Å²) >= 11 is 2.24. The number of nitrogens with zero attached hydrogens (tertiary/aromatic N) is 6. The molecule has 5 aromatic rings. The van der Waals surface area contributed by atoms with E-state index in [1.54, 1.807) is 17.1 Å². The summed E-state index contributed by atoms with van der Waals surface area (Å²) in [6, 6.07) is 10.8. The first-order valence-corrected chi connectivity index (χ1v) is 18.8. The molecule has 2 aromatic carbocycles. The van der Waals surface area contributed by atoms with E-state index in [0.717, 1.165) is 49.7 Å². The fraction of sp³-hybridized carbons (Fsp3) is 0.400. The number of aryl methyl sites for hydroxylation is 1. The first-order chi connectivity index (χ1) is 19.9. The van der Waals surface area contributed by atoms with E-state index < -0.39 is 14.0 Å². The van der Waals surface area contributed by atoms with Crippen LogP contribution in [-0.4, -0.2) is 49.9 Å². The molecule has 1 fully saturated rings. The van der Waals surface area contributed by atoms with Gasteiger partial charge in [0.1, 0.15) is 29.6 Å². The third kappa shape index (κ3) is 6.35. The smallest absolute Gasteiger partial charge is 0.248 e. The number of benzene rings is 2. The van der Waals surface area contributed by atoms with E-state index in [2.05, 4.69) is 56.9 Å². The molecule has 42 heavy (non-hydrogen) atoms. The fourth-order valence-corrected chi connectivity index (χ4v) is 6.57. The highest BCUT2D eigenvalue weighted by Crippen LogP contribution is 2.43. The van der Waals surface area contributed by atoms with Crippen LogP contribution in [0.15, 0.2) is 48.9 Å². The standard InChI is InChI=1S/C30H33F2IN6O2Si/c1-19-36-23-6-5-22(11-26(23)39(19)18-40-9-10-42(2,3)4)41-27-8-7-24-29(28(27)33)37-25(15-34-24)21-14-35-38(17-21)16-20-12-30(31,32)13-20/h5-8,11,14-15,17,20H,9-10,12-13,16,18H2,1-4H3. The summed E-state index contributed by atoms with van der Waals surface area (Å²) in [7, 11) is -1.16. The number of imidazole rings is 1. The fourth-order valence-electron chi connectivity index (χ4n) is 5.13. The summed E-state index contributed by atoms with van der Waals surface area (Å²) in [5.41, 5.74) is 4.77. The molecule has 0 bridgehead atoms. The number of hydrogen-bond donors (Lipinski definition) is 0. The Morgan fingerprint density at radius 3 is 2.62 bits per heavy atom. The average Bonchev–Trinajstić information content (AvgIpc) is 3.50. The zero-order valence-corrected chi connectivity index (χ0v) is 27.2. The lowest BCUT2D eigenvalue weighted by Gasteiger charge is -2.34. The molecule has 12 heteroatoms. The Labute approximate surface area is 257 Å². The highest BCUT2D eigenvalue weighted by molar-refractivity contribution is 14.1. The Morgan fingerprint density at radius 1 is 1.07 bits per heavy atom. The van der Waals surface area contributed by atoms with E-state index in [-0.39, 0.29) is 18.8 Å². The van der Waals surface area contributed by atoms with Crippen molar-refractivity contribution in [1.29, 1.82) is 0 Å². The molecule has 0 spiro atoms. The minimum Gasteiger partial charge on any atom is -0.456 e. The van der Waals surface area contributed by atoms with Gasteiger partial charge in [-0.3, -0.25) is 9.67 Å². The van der Waals surface area contributed by atoms with Crippen molar-refractivity contribution in [2.45, 2.75) is 64.6 Å². The van der Waals surface area contributed by atoms with Crippen LogP contribution in [0.2, 0.25) is 25.7 Å². The number of hydrogen-bond acceptors (Lipinski definition) is 6. The van der Waals surface area contributed by atoms with Gasteiger partial charge in [0, 0.05) is 51.9 Å². The summed E-state index contributed by atoms with van der Waals surface area (Å²) in [6.07, 6.45) is 5.09. The second kappa shape index (κ2) is 11.3. The second-order valence-corrected chi connectivity index (χ2v) is 19.0. The van der Waals surface area contributed by atoms with E-state index in [4.69, 9.17) is 19.4 Å². The molecule has 8 nitrogen and oxygen atoms in total. The molecule has 0 N–H and O–H groups in total. The summed E-state index contributed by atoms with van der Waals surface area (Å²) in [6.45, 7) is 10.7. The van der Waals surface area contributed by atoms with E-state index in [1.807, 2.05) is 43.5 Å². The number of fused-ring (bicyclic) bond motifs is 2. The first kappa shape index (κ1) is 29.1. The maximum atomic E-state index is 13.2. The number of rotatable bonds is 10. The summed E-state index contributed by atoms with van der Waals surface area (Å²) in [4.78, 5) is 14.2. The Kier molecular flexibility index (Phi) is 7.81. The van der Waals surface area contributed by atoms with E-state index in [9.17, 15) is 8.78 Å². The molecular weight excluding hydrogens is 669 g/mol. The predicted molar refractivity (Wildman–Crippen MR) is 170 cm³/mol. The van der Waals surface area contributed by atoms with Crippen molar-refractivity contribution in [3.8, 4) is 22.8 Å². The van der Waals surface area contributed by atoms with Crippen LogP contribution < -0.4 is 4.74 Å². The van der Waals surface area contributed by atoms with Crippen molar-refractivity contribution in [1.82, 2.24) is 29.3 Å². The van der Waals surface area contributed by atoms with Crippen LogP contribution in [0.4, 0.5) is 8.78 Å². The van der Waals surface area contributed by atoms with Gasteiger partial charge >= 0.3 is 0 Å². The van der Waals surface area contributed by atoms with Gasteiger partial charge in [0.05, 0.1) is 38.2 Å². The molecule has 6 rings (SSSR count). The molecule has 3 aromatic heterocycles. The lowest BCUT2D eigenvalue weighted by atomic mass is 9.81. The van der Waals surface area contributed by atoms with Crippen molar-refractivity contribution in [3.63, 3.8) is 0 Å². The van der Waals surface area contributed by atoms with E-state index in [0.29, 0.717) is 30.5 Å². The molecule has 1 aliphatic rings. The Morgan fingerprint density at radius 2 is 1.86 bits per heavy atom. The minimum atomic E-state index is -2.53. The highest BCUT2D eigenvalue weighted by atomic mass is 127. The van der Waals surface area contributed by atoms with Gasteiger partial charge in [-0.1, -0.05) is 19.6 Å². The molecule has 220 valence electrons. The van der Waals surface area contributed by atoms with Gasteiger partial charge in [0.2, 0.25) is 5.92 Å². The van der Waals surface area contributed by atoms with Gasteiger partial charge in [-0.25, -0.2) is 18.7 Å². The van der Waals surface area contributed by atoms with Crippen molar-refractivity contribution in [2.24, 2.45) is 5.92 Å². The number of halogens is 3. The zero-order valence-electron chi connectivity index (χ0n) is 24.1. The Balaban J connectivity index is 1.21. The summed E-state index contributed by atoms with van der Waals surface area (Å²) in [5.74, 6) is -0.332. The van der Waals surface area contributed by atoms with Crippen LogP contribution >= 0.6 is 22.6 Å². The van der Waals surface area contributed by atoms with E-state index >= 15 is 0 Å². The van der Waals surface area contributed by atoms with Gasteiger partial charge in [0.15, 0.2) is 0 Å². The van der Waals surface area contributed by atoms with Crippen LogP contribution in [0, 0.1) is 16.4 Å². The average molecular weight is 703 g/mol. The molecule has 0 radical (unpaired) electrons. The lowest BCUT2D eigenvalue weighted by molar-refractivity contribution is -0.114. The van der Waals surface area contributed by atoms with Gasteiger partial charge in [-0.15, -0.1) is 0 Å². The monoisotopic (exact) mass is 702 g/mol. The third-order valence-corrected chi connectivity index (χ3v) is 10.3. The van der Waals surface area contributed by atoms with Crippen LogP contribution in [0.25, 0.3) is 33.3 Å². The van der Waals surface area contributed by atoms with Crippen molar-refractivity contribution in [2.75, 3.05) is 6.61 Å². The molecule has 1 aliphatic carbocycles. The van der Waals surface area contributed by atoms with Gasteiger partial charge in [-0.05, 0) is 65.7 Å². The number of alkyl halides is 2. The minimum absolute atomic E-state index is 0.0552. The maximum absolute atomic E-state index is 13.2. The molecule has 0 aliphatic heterocycles. The normalized spacial score (nSPS) is 15.4. The van der Waals surface area contributed by atoms with Gasteiger partial charge < -0.3 is 14.0 Å². The summed E-state index contributed by atoms with van der Waals surface area (Å²) in [5, 5.41) is 4.37. The topological polar surface area (TPSA) is 79.9 Å². The SMILES string of the molecule is Cc1nc2ccc(Oc3ccc4ncc(-c5cnn(CC6CC(F)(F)C6)c5)nc4c3I)cc2n1COCC[Si](C)(C)C. The van der Waals surface area contributed by atoms with Gasteiger partial charge in [0.25, 0.3) is 0 Å². The van der Waals surface area contributed by atoms with Crippen LogP contribution in [0.3, 0.4) is 0 Å². The Hall–Kier alpha value is -2.97. The molecule has 0 saturated heterocycles. The largest absolute Gasteiger partial charge is 0.456 e. The van der Waals surface area contributed by atoms with Crippen LogP contribution in [-0.2, 0) is 18.0 Å². The Bertz CT molecular complexity index is 1760. The highest BCUT2D eigenvalue weighted by Gasteiger charge is 2.45. The second-order valence-electron chi connectivity index (χ2n) is 12.3. The third-order valence-electron chi connectivity index (χ3n) is 7.52. The zero-order chi connectivity index (χ0) is 29.6. The quantitative estimate of drug-likeness (QED) is 0.0837. The van der Waals surface area contributed by atoms with Crippen molar-refractivity contribution < 1.29 is 18.3 Å². The van der Waals surface area contributed by atoms with Crippen molar-refractivity contribution >= 4 is 52.7 Å². The maximum Gasteiger partial charge on any atom is 0.248 e.